The first-order valence-corrected chi connectivity index (χ1v) is 49.1. The van der Waals surface area contributed by atoms with Crippen LogP contribution in [0.25, 0.3) is 0 Å². The summed E-state index contributed by atoms with van der Waals surface area (Å²) in [5.74, 6) is -12.8. The molecule has 3 aliphatic carbocycles. The molecule has 21 nitrogen and oxygen atoms in total. The number of hydrogen-bond acceptors (Lipinski definition) is 18. The molecule has 51 heteroatoms. The van der Waals surface area contributed by atoms with Crippen molar-refractivity contribution in [2.75, 3.05) is 19.8 Å². The highest BCUT2D eigenvalue weighted by molar-refractivity contribution is 7.93. The van der Waals surface area contributed by atoms with Crippen LogP contribution in [0.3, 0.4) is 0 Å². The van der Waals surface area contributed by atoms with Crippen molar-refractivity contribution in [3.8, 4) is 0 Å². The summed E-state index contributed by atoms with van der Waals surface area (Å²) < 4.78 is 500. The highest BCUT2D eigenvalue weighted by Gasteiger charge is 2.76. The van der Waals surface area contributed by atoms with Crippen LogP contribution in [0.15, 0.2) is 233 Å². The van der Waals surface area contributed by atoms with Crippen molar-refractivity contribution in [2.24, 2.45) is 0 Å². The van der Waals surface area contributed by atoms with Gasteiger partial charge in [-0.3, -0.25) is 28.4 Å². The third kappa shape index (κ3) is 21.7. The number of fused-ring (bicyclic) bond motifs is 3. The van der Waals surface area contributed by atoms with E-state index in [1.165, 1.54) is 32.6 Å². The Morgan fingerprint density at radius 1 is 0.327 bits per heavy atom. The van der Waals surface area contributed by atoms with E-state index >= 15 is 0 Å². The molecule has 9 aromatic carbocycles. The molecule has 0 saturated carbocycles. The predicted octanol–water partition coefficient (Wildman–Crippen LogP) is 21.8. The monoisotopic (exact) mass is 2200 g/mol. The first kappa shape index (κ1) is 114. The molecule has 0 aliphatic heterocycles. The van der Waals surface area contributed by atoms with E-state index in [-0.39, 0.29) is 129 Å². The highest BCUT2D eigenvalue weighted by Crippen LogP contribution is 2.60. The van der Waals surface area contributed by atoms with Crippen molar-refractivity contribution in [1.29, 1.82) is 0 Å². The first-order chi connectivity index (χ1) is 70.1. The molecule has 0 bridgehead atoms. The second-order valence-electron chi connectivity index (χ2n) is 34.4. The zero-order valence-electron chi connectivity index (χ0n) is 77.7. The van der Waals surface area contributed by atoms with Crippen molar-refractivity contribution in [3.63, 3.8) is 0 Å². The molecule has 3 aromatic heterocycles. The van der Waals surface area contributed by atoms with E-state index in [9.17, 15) is 158 Å². The standard InChI is InChI=1S/3C33H27F9N2O5S/c1-2-48-29(45)18-44-17-20-16-30(15-14-28(20)43-44,50(46,47)24-12-10-23(34)11-13-24)21-6-8-22(9-7-21)31(32(37,38)39,33(40,41)42)49-19-25-26(35)4-3-5-27(25)36;2*1-2-48-29(45)18-44-28-14-15-30(16-20(28)17-43-44,50(46,47)24-12-10-23(34)11-13-24)21-6-8-22(9-7-21)31(32(37,38)39,33(40,41)42)49-19-25-26(35)4-3-5-27(25)36/h3*3-13,17H,2,14-16,18-19H2,1H3. The van der Waals surface area contributed by atoms with Crippen LogP contribution in [-0.2, 0) is 181 Å². The van der Waals surface area contributed by atoms with Crippen LogP contribution in [-0.4, -0.2) is 129 Å². The van der Waals surface area contributed by atoms with Gasteiger partial charge in [-0.2, -0.15) is 94.3 Å². The van der Waals surface area contributed by atoms with Crippen molar-refractivity contribution >= 4 is 47.4 Å². The van der Waals surface area contributed by atoms with Crippen molar-refractivity contribution in [1.82, 2.24) is 29.3 Å². The number of aromatic nitrogens is 6. The van der Waals surface area contributed by atoms with Crippen molar-refractivity contribution in [3.05, 3.63) is 355 Å². The lowest BCUT2D eigenvalue weighted by atomic mass is 9.80. The van der Waals surface area contributed by atoms with Gasteiger partial charge in [-0.1, -0.05) is 91.0 Å². The lowest BCUT2D eigenvalue weighted by Gasteiger charge is -2.39. The fourth-order valence-electron chi connectivity index (χ4n) is 18.3. The van der Waals surface area contributed by atoms with E-state index < -0.39 is 221 Å². The molecule has 150 heavy (non-hydrogen) atoms. The maximum Gasteiger partial charge on any atom is 0.430 e. The number of nitrogens with zero attached hydrogens (tertiary/aromatic N) is 6. The number of carbonyl (C=O) groups is 3. The number of benzene rings is 9. The Hall–Kier alpha value is -13.1. The largest absolute Gasteiger partial charge is 0.465 e. The molecule has 0 saturated heterocycles. The topological polar surface area (TPSA) is 262 Å². The quantitative estimate of drug-likeness (QED) is 0.0175. The van der Waals surface area contributed by atoms with E-state index in [2.05, 4.69) is 29.5 Å². The van der Waals surface area contributed by atoms with E-state index in [0.29, 0.717) is 107 Å². The number of carbonyl (C=O) groups excluding carboxylic acids is 3. The molecule has 0 N–H and O–H groups in total. The van der Waals surface area contributed by atoms with E-state index in [1.54, 1.807) is 20.8 Å². The summed E-state index contributed by atoms with van der Waals surface area (Å²) in [6.45, 7) is -1.16. The number of sulfone groups is 3. The Morgan fingerprint density at radius 2 is 0.573 bits per heavy atom. The van der Waals surface area contributed by atoms with Gasteiger partial charge in [0.2, 0.25) is 0 Å². The van der Waals surface area contributed by atoms with E-state index in [1.807, 2.05) is 0 Å². The van der Waals surface area contributed by atoms with Crippen LogP contribution in [0.4, 0.5) is 119 Å². The number of alkyl halides is 18. The summed E-state index contributed by atoms with van der Waals surface area (Å²) in [5.41, 5.74) is -21.8. The Labute approximate surface area is 835 Å². The van der Waals surface area contributed by atoms with Gasteiger partial charge in [0, 0.05) is 51.0 Å². The van der Waals surface area contributed by atoms with Gasteiger partial charge in [-0.25, -0.2) is 64.8 Å². The number of aryl methyl sites for hydroxylation is 1. The minimum Gasteiger partial charge on any atom is -0.465 e. The smallest absolute Gasteiger partial charge is 0.430 e. The molecule has 0 fully saturated rings. The Morgan fingerprint density at radius 3 is 0.827 bits per heavy atom. The minimum absolute atomic E-state index is 0.0420. The zero-order chi connectivity index (χ0) is 110. The molecule has 0 radical (unpaired) electrons. The van der Waals surface area contributed by atoms with E-state index in [4.69, 9.17) is 14.2 Å². The maximum atomic E-state index is 14.5. The van der Waals surface area contributed by atoms with Gasteiger partial charge in [0.15, 0.2) is 29.5 Å². The van der Waals surface area contributed by atoms with Crippen molar-refractivity contribution < 1.29 is 187 Å². The number of rotatable bonds is 30. The maximum absolute atomic E-state index is 14.5. The van der Waals surface area contributed by atoms with Crippen LogP contribution < -0.4 is 0 Å². The molecular formula is C99H81F27N6O15S3. The van der Waals surface area contributed by atoms with Crippen LogP contribution in [0, 0.1) is 52.4 Å². The van der Waals surface area contributed by atoms with Crippen LogP contribution in [0.2, 0.25) is 0 Å². The summed E-state index contributed by atoms with van der Waals surface area (Å²) in [7, 11) is -13.7. The number of esters is 3. The third-order valence-corrected chi connectivity index (χ3v) is 33.2. The van der Waals surface area contributed by atoms with Crippen LogP contribution in [0.1, 0.15) is 124 Å². The van der Waals surface area contributed by atoms with Crippen molar-refractivity contribution in [2.45, 2.75) is 201 Å². The van der Waals surface area contributed by atoms with Gasteiger partial charge in [0.05, 0.1) is 72.4 Å². The second kappa shape index (κ2) is 43.3. The minimum atomic E-state index is -6.22. The predicted molar refractivity (Wildman–Crippen MR) is 473 cm³/mol. The van der Waals surface area contributed by atoms with Gasteiger partial charge in [0.1, 0.15) is 86.2 Å². The average Bonchev–Trinajstić information content (AvgIpc) is 1.06. The highest BCUT2D eigenvalue weighted by atomic mass is 32.2. The lowest BCUT2D eigenvalue weighted by Crippen LogP contribution is -2.56. The van der Waals surface area contributed by atoms with Gasteiger partial charge in [-0.05, 0) is 221 Å². The molecule has 12 aromatic rings. The fraction of sp³-hybridized carbons (Fsp3) is 0.333. The molecule has 3 aliphatic rings. The zero-order valence-corrected chi connectivity index (χ0v) is 80.2. The molecule has 0 amide bonds. The molecule has 3 atom stereocenters. The molecule has 804 valence electrons. The third-order valence-electron chi connectivity index (χ3n) is 25.7. The summed E-state index contributed by atoms with van der Waals surface area (Å²) in [6, 6.07) is 24.7. The Bertz CT molecular complexity index is 6610. The molecule has 0 spiro atoms. The number of hydrogen-bond donors (Lipinski definition) is 0. The van der Waals surface area contributed by atoms with Crippen LogP contribution in [0.5, 0.6) is 0 Å². The van der Waals surface area contributed by atoms with Gasteiger partial charge < -0.3 is 28.4 Å². The SMILES string of the molecule is CCOC(=O)Cn1cc2c(n1)CCC(c1ccc(C(OCc3c(F)cccc3F)(C(F)(F)F)C(F)(F)F)cc1)(S(=O)(=O)c1ccc(F)cc1)C2.CCOC(=O)Cn1ncc2c1CCC(c1ccc(C(OCc3c(F)cccc3F)(C(F)(F)F)C(F)(F)F)cc1)(S(=O)(=O)c1ccc(F)cc1)C2.CCOC(=O)Cn1ncc2c1CCC(c1ccc(C(OCc3c(F)cccc3F)(C(F)(F)F)C(F)(F)F)cc1)(S(=O)(=O)c1ccc(F)cc1)C2. The lowest BCUT2D eigenvalue weighted by molar-refractivity contribution is -0.393. The summed E-state index contributed by atoms with van der Waals surface area (Å²) >= 11 is 0. The summed E-state index contributed by atoms with van der Waals surface area (Å²) in [6.07, 6.45) is -35.4. The van der Waals surface area contributed by atoms with Gasteiger partial charge in [0.25, 0.3) is 16.8 Å². The fourth-order valence-corrected chi connectivity index (χ4v) is 24.7. The Balaban J connectivity index is 0.000000187. The average molecular weight is 2200 g/mol. The molecule has 15 rings (SSSR count). The Kier molecular flexibility index (Phi) is 32.9. The summed E-state index contributed by atoms with van der Waals surface area (Å²) in [5, 5.41) is 12.6. The first-order valence-electron chi connectivity index (χ1n) is 44.7. The van der Waals surface area contributed by atoms with E-state index in [0.717, 1.165) is 127 Å². The number of halogens is 27. The molecular weight excluding hydrogens is 2120 g/mol. The number of ether oxygens (including phenoxy) is 6. The normalized spacial score (nSPS) is 17.0. The second-order valence-corrected chi connectivity index (χ2v) is 41.2. The van der Waals surface area contributed by atoms with Crippen LogP contribution >= 0.6 is 0 Å². The van der Waals surface area contributed by atoms with Gasteiger partial charge >= 0.3 is 55.0 Å². The molecule has 3 unspecified atom stereocenters. The van der Waals surface area contributed by atoms with Gasteiger partial charge in [-0.15, -0.1) is 0 Å². The molecule has 3 heterocycles. The summed E-state index contributed by atoms with van der Waals surface area (Å²) in [4.78, 5) is 35.1.